The van der Waals surface area contributed by atoms with Gasteiger partial charge in [-0.3, -0.25) is 0 Å². The average molecular weight is 626 g/mol. The topological polar surface area (TPSA) is 148 Å². The van der Waals surface area contributed by atoms with E-state index in [1.807, 2.05) is 18.2 Å². The lowest BCUT2D eigenvalue weighted by molar-refractivity contribution is -0.124. The molecule has 1 aromatic heterocycles. The molecule has 0 spiro atoms. The molecule has 8 nitrogen and oxygen atoms in total. The maximum Gasteiger partial charge on any atom is 0.348 e. The van der Waals surface area contributed by atoms with Gasteiger partial charge >= 0.3 is 5.97 Å². The van der Waals surface area contributed by atoms with Gasteiger partial charge in [0, 0.05) is 20.3 Å². The van der Waals surface area contributed by atoms with Crippen molar-refractivity contribution in [3.8, 4) is 0 Å². The highest BCUT2D eigenvalue weighted by Gasteiger charge is 2.40. The first-order valence-corrected chi connectivity index (χ1v) is 14.9. The summed E-state index contributed by atoms with van der Waals surface area (Å²) in [5.74, 6) is -0.457. The number of carbonyl (C=O) groups excluding carboxylic acids is 1. The molecular weight excluding hydrogens is 591 g/mol. The van der Waals surface area contributed by atoms with E-state index in [9.17, 15) is 30.3 Å². The van der Waals surface area contributed by atoms with Crippen LogP contribution in [0, 0.1) is 11.8 Å². The van der Waals surface area contributed by atoms with E-state index in [1.165, 1.54) is 11.3 Å². The number of aliphatic hydroxyl groups is 6. The van der Waals surface area contributed by atoms with Gasteiger partial charge in [-0.25, -0.2) is 4.79 Å². The summed E-state index contributed by atoms with van der Waals surface area (Å²) in [5.41, 5.74) is 1.02. The Bertz CT molecular complexity index is 1050. The minimum absolute atomic E-state index is 0.0675. The Labute approximate surface area is 246 Å². The van der Waals surface area contributed by atoms with E-state index in [1.54, 1.807) is 12.1 Å². The number of halogens is 3. The second-order valence-corrected chi connectivity index (χ2v) is 12.6. The van der Waals surface area contributed by atoms with Gasteiger partial charge in [0.05, 0.1) is 12.7 Å². The molecule has 6 N–H and O–H groups in total. The minimum Gasteiger partial charge on any atom is -0.459 e. The van der Waals surface area contributed by atoms with Crippen LogP contribution in [-0.4, -0.2) is 85.7 Å². The largest absolute Gasteiger partial charge is 0.459 e. The van der Waals surface area contributed by atoms with Crippen molar-refractivity contribution in [3.63, 3.8) is 0 Å². The number of alkyl halides is 1. The molecule has 1 aromatic carbocycles. The molecule has 0 amide bonds. The minimum atomic E-state index is -1.80. The Morgan fingerprint density at radius 1 is 0.974 bits per heavy atom. The van der Waals surface area contributed by atoms with Crippen molar-refractivity contribution >= 4 is 52.1 Å². The standard InChI is InChI=1S/C27H35Cl3O8S/c28-15-8-14(9-16(29)10-15)4-6-19-18(20(30)11-21(19)32)3-1-2-17-5-7-24(39-17)27(37)38-13-23(34)26(36)25(35)22(33)12-31/h5,7-10,18-23,25-26,31-36H,1-4,6,11-13H2/t18-,19-,20+,21-,22?,23?,25?,26?/m1/s1. The van der Waals surface area contributed by atoms with Crippen molar-refractivity contribution in [1.82, 2.24) is 0 Å². The van der Waals surface area contributed by atoms with Crippen LogP contribution in [0.15, 0.2) is 30.3 Å². The lowest BCUT2D eigenvalue weighted by atomic mass is 9.85. The molecule has 1 aliphatic rings. The monoisotopic (exact) mass is 624 g/mol. The van der Waals surface area contributed by atoms with E-state index in [2.05, 4.69) is 0 Å². The maximum absolute atomic E-state index is 12.4. The van der Waals surface area contributed by atoms with Crippen molar-refractivity contribution in [2.45, 2.75) is 74.4 Å². The molecular formula is C27H35Cl3O8S. The van der Waals surface area contributed by atoms with Crippen LogP contribution in [0.3, 0.4) is 0 Å². The van der Waals surface area contributed by atoms with Crippen LogP contribution < -0.4 is 0 Å². The highest BCUT2D eigenvalue weighted by atomic mass is 35.5. The molecule has 218 valence electrons. The quantitative estimate of drug-likeness (QED) is 0.139. The number of hydrogen-bond donors (Lipinski definition) is 6. The molecule has 4 unspecified atom stereocenters. The number of esters is 1. The summed E-state index contributed by atoms with van der Waals surface area (Å²) in [6, 6.07) is 8.91. The normalized spacial score (nSPS) is 24.3. The highest BCUT2D eigenvalue weighted by molar-refractivity contribution is 7.13. The Hall–Kier alpha value is -0.980. The Balaban J connectivity index is 1.46. The van der Waals surface area contributed by atoms with Gasteiger partial charge in [-0.1, -0.05) is 23.2 Å². The first-order chi connectivity index (χ1) is 18.5. The zero-order valence-electron chi connectivity index (χ0n) is 21.2. The van der Waals surface area contributed by atoms with Crippen LogP contribution in [0.2, 0.25) is 10.0 Å². The molecule has 1 fully saturated rings. The molecule has 2 aromatic rings. The third-order valence-electron chi connectivity index (χ3n) is 7.20. The van der Waals surface area contributed by atoms with Crippen molar-refractivity contribution in [2.75, 3.05) is 13.2 Å². The number of aliphatic hydroxyl groups excluding tert-OH is 6. The Kier molecular flexibility index (Phi) is 12.8. The highest BCUT2D eigenvalue weighted by Crippen LogP contribution is 2.42. The summed E-state index contributed by atoms with van der Waals surface area (Å²) in [7, 11) is 0. The van der Waals surface area contributed by atoms with Crippen molar-refractivity contribution in [2.24, 2.45) is 11.8 Å². The molecule has 8 atom stereocenters. The van der Waals surface area contributed by atoms with Crippen LogP contribution >= 0.6 is 46.1 Å². The van der Waals surface area contributed by atoms with Crippen LogP contribution in [0.1, 0.15) is 45.8 Å². The van der Waals surface area contributed by atoms with Crippen molar-refractivity contribution in [3.05, 3.63) is 55.7 Å². The summed E-state index contributed by atoms with van der Waals surface area (Å²) in [4.78, 5) is 13.7. The summed E-state index contributed by atoms with van der Waals surface area (Å²) >= 11 is 20.1. The number of carbonyl (C=O) groups is 1. The summed E-state index contributed by atoms with van der Waals surface area (Å²) in [6.07, 6.45) is -2.88. The summed E-state index contributed by atoms with van der Waals surface area (Å²) in [6.45, 7) is -1.39. The Morgan fingerprint density at radius 2 is 1.64 bits per heavy atom. The molecule has 39 heavy (non-hydrogen) atoms. The second-order valence-electron chi connectivity index (χ2n) is 10.0. The van der Waals surface area contributed by atoms with Gasteiger partial charge in [-0.05, 0) is 86.3 Å². The van der Waals surface area contributed by atoms with E-state index < -0.39 is 49.7 Å². The first kappa shape index (κ1) is 32.5. The lowest BCUT2D eigenvalue weighted by Crippen LogP contribution is -2.47. The number of ether oxygens (including phenoxy) is 1. The van der Waals surface area contributed by atoms with E-state index in [0.29, 0.717) is 21.3 Å². The van der Waals surface area contributed by atoms with Gasteiger partial charge in [0.25, 0.3) is 0 Å². The average Bonchev–Trinajstić information content (AvgIpc) is 3.47. The lowest BCUT2D eigenvalue weighted by Gasteiger charge is -2.25. The molecule has 0 radical (unpaired) electrons. The SMILES string of the molecule is O=C(OCC(O)C(O)C(O)C(O)CO)c1ccc(CCC[C@@H]2[C@@H](CCc3cc(Cl)cc(Cl)c3)[C@H](O)C[C@@H]2Cl)s1. The predicted octanol–water partition coefficient (Wildman–Crippen LogP) is 3.21. The number of benzene rings is 1. The molecule has 1 heterocycles. The van der Waals surface area contributed by atoms with Gasteiger partial charge in [0.1, 0.15) is 35.9 Å². The van der Waals surface area contributed by atoms with E-state index in [4.69, 9.17) is 44.6 Å². The molecule has 3 rings (SSSR count). The maximum atomic E-state index is 12.4. The fourth-order valence-corrected chi connectivity index (χ4v) is 7.06. The van der Waals surface area contributed by atoms with Crippen LogP contribution in [0.25, 0.3) is 0 Å². The zero-order chi connectivity index (χ0) is 28.7. The van der Waals surface area contributed by atoms with Crippen LogP contribution in [0.4, 0.5) is 0 Å². The van der Waals surface area contributed by atoms with E-state index in [-0.39, 0.29) is 17.2 Å². The van der Waals surface area contributed by atoms with E-state index >= 15 is 0 Å². The Morgan fingerprint density at radius 3 is 2.31 bits per heavy atom. The third kappa shape index (κ3) is 9.26. The predicted molar refractivity (Wildman–Crippen MR) is 151 cm³/mol. The molecule has 0 saturated heterocycles. The van der Waals surface area contributed by atoms with Gasteiger partial charge < -0.3 is 35.4 Å². The molecule has 1 aliphatic carbocycles. The summed E-state index contributed by atoms with van der Waals surface area (Å²) < 4.78 is 5.04. The van der Waals surface area contributed by atoms with E-state index in [0.717, 1.165) is 42.5 Å². The first-order valence-electron chi connectivity index (χ1n) is 12.9. The zero-order valence-corrected chi connectivity index (χ0v) is 24.3. The summed E-state index contributed by atoms with van der Waals surface area (Å²) in [5, 5.41) is 59.3. The number of thiophene rings is 1. The van der Waals surface area contributed by atoms with Crippen LogP contribution in [-0.2, 0) is 17.6 Å². The molecule has 0 bridgehead atoms. The van der Waals surface area contributed by atoms with Crippen molar-refractivity contribution < 1.29 is 40.2 Å². The number of hydrogen-bond acceptors (Lipinski definition) is 9. The number of rotatable bonds is 14. The van der Waals surface area contributed by atoms with Gasteiger partial charge in [0.2, 0.25) is 0 Å². The molecule has 1 saturated carbocycles. The van der Waals surface area contributed by atoms with Gasteiger partial charge in [-0.2, -0.15) is 0 Å². The van der Waals surface area contributed by atoms with Gasteiger partial charge in [0.15, 0.2) is 0 Å². The van der Waals surface area contributed by atoms with Crippen LogP contribution in [0.5, 0.6) is 0 Å². The number of aryl methyl sites for hydroxylation is 2. The third-order valence-corrected chi connectivity index (χ3v) is 9.26. The fourth-order valence-electron chi connectivity index (χ4n) is 5.05. The second kappa shape index (κ2) is 15.3. The molecule has 12 heteroatoms. The van der Waals surface area contributed by atoms with Crippen molar-refractivity contribution in [1.29, 1.82) is 0 Å². The fraction of sp³-hybridized carbons (Fsp3) is 0.593. The van der Waals surface area contributed by atoms with Gasteiger partial charge in [-0.15, -0.1) is 22.9 Å². The molecule has 0 aliphatic heterocycles. The smallest absolute Gasteiger partial charge is 0.348 e.